The van der Waals surface area contributed by atoms with Crippen molar-refractivity contribution in [1.29, 1.82) is 0 Å². The topological polar surface area (TPSA) is 78.3 Å². The van der Waals surface area contributed by atoms with Gasteiger partial charge in [0.2, 0.25) is 0 Å². The number of rotatable bonds is 5. The van der Waals surface area contributed by atoms with Crippen molar-refractivity contribution in [3.63, 3.8) is 0 Å². The molecule has 0 bridgehead atoms. The molecule has 0 amide bonds. The lowest BCUT2D eigenvalue weighted by Crippen LogP contribution is -2.30. The molecule has 1 heterocycles. The third-order valence-electron chi connectivity index (χ3n) is 2.83. The third kappa shape index (κ3) is 3.05. The van der Waals surface area contributed by atoms with Gasteiger partial charge in [-0.3, -0.25) is 9.36 Å². The summed E-state index contributed by atoms with van der Waals surface area (Å²) in [7, 11) is 0. The smallest absolute Gasteiger partial charge is 0.345 e. The van der Waals surface area contributed by atoms with Crippen molar-refractivity contribution >= 4 is 12.3 Å². The van der Waals surface area contributed by atoms with E-state index in [4.69, 9.17) is 4.74 Å². The molecule has 0 saturated carbocycles. The van der Waals surface area contributed by atoms with Crippen molar-refractivity contribution in [2.24, 2.45) is 0 Å². The molecule has 0 unspecified atom stereocenters. The van der Waals surface area contributed by atoms with Crippen molar-refractivity contribution in [1.82, 2.24) is 9.55 Å². The first-order valence-corrected chi connectivity index (χ1v) is 6.45. The third-order valence-corrected chi connectivity index (χ3v) is 2.83. The van der Waals surface area contributed by atoms with Crippen LogP contribution in [0, 0.1) is 0 Å². The van der Waals surface area contributed by atoms with E-state index < -0.39 is 11.5 Å². The Balaban J connectivity index is 2.59. The Hall–Kier alpha value is -2.76. The van der Waals surface area contributed by atoms with Gasteiger partial charge in [-0.15, -0.1) is 0 Å². The summed E-state index contributed by atoms with van der Waals surface area (Å²) in [6, 6.07) is 8.97. The summed E-state index contributed by atoms with van der Waals surface area (Å²) in [6.07, 6.45) is 1.77. The monoisotopic (exact) mass is 286 g/mol. The van der Waals surface area contributed by atoms with Crippen LogP contribution >= 0.6 is 0 Å². The van der Waals surface area contributed by atoms with E-state index in [0.717, 1.165) is 4.57 Å². The lowest BCUT2D eigenvalue weighted by Gasteiger charge is -2.11. The first-order chi connectivity index (χ1) is 10.2. The van der Waals surface area contributed by atoms with Crippen LogP contribution in [0.25, 0.3) is 11.4 Å². The summed E-state index contributed by atoms with van der Waals surface area (Å²) in [5, 5.41) is 0. The number of hydrogen-bond donors (Lipinski definition) is 0. The van der Waals surface area contributed by atoms with E-state index in [9.17, 15) is 14.4 Å². The molecule has 6 heteroatoms. The zero-order valence-electron chi connectivity index (χ0n) is 11.5. The summed E-state index contributed by atoms with van der Waals surface area (Å²) < 4.78 is 5.97. The largest absolute Gasteiger partial charge is 0.462 e. The zero-order chi connectivity index (χ0) is 15.2. The molecule has 2 aromatic rings. The summed E-state index contributed by atoms with van der Waals surface area (Å²) in [5.41, 5.74) is -0.0837. The number of nitrogens with zero attached hydrogens (tertiary/aromatic N) is 2. The molecule has 0 saturated heterocycles. The highest BCUT2D eigenvalue weighted by atomic mass is 16.5. The molecule has 1 aromatic heterocycles. The molecule has 1 aromatic carbocycles. The van der Waals surface area contributed by atoms with Gasteiger partial charge in [0.05, 0.1) is 13.2 Å². The predicted molar refractivity (Wildman–Crippen MR) is 76.0 cm³/mol. The van der Waals surface area contributed by atoms with Crippen molar-refractivity contribution in [3.05, 3.63) is 52.4 Å². The van der Waals surface area contributed by atoms with Gasteiger partial charge >= 0.3 is 5.97 Å². The average molecular weight is 286 g/mol. The zero-order valence-corrected chi connectivity index (χ0v) is 11.5. The van der Waals surface area contributed by atoms with Crippen LogP contribution in [0.4, 0.5) is 0 Å². The summed E-state index contributed by atoms with van der Waals surface area (Å²) >= 11 is 0. The molecular weight excluding hydrogens is 272 g/mol. The Labute approximate surface area is 121 Å². The maximum Gasteiger partial charge on any atom is 0.345 e. The molecule has 0 radical (unpaired) electrons. The fourth-order valence-electron chi connectivity index (χ4n) is 1.90. The van der Waals surface area contributed by atoms with E-state index in [2.05, 4.69) is 4.98 Å². The predicted octanol–water partition coefficient (Wildman–Crippen LogP) is 1.29. The second-order valence-corrected chi connectivity index (χ2v) is 4.16. The van der Waals surface area contributed by atoms with Gasteiger partial charge in [0, 0.05) is 11.8 Å². The fraction of sp³-hybridized carbons (Fsp3) is 0.200. The molecule has 0 N–H and O–H groups in total. The van der Waals surface area contributed by atoms with Crippen molar-refractivity contribution in [2.45, 2.75) is 13.5 Å². The van der Waals surface area contributed by atoms with Crippen molar-refractivity contribution in [2.75, 3.05) is 6.61 Å². The van der Waals surface area contributed by atoms with E-state index in [0.29, 0.717) is 17.7 Å². The lowest BCUT2D eigenvalue weighted by molar-refractivity contribution is -0.108. The number of aldehydes is 1. The second kappa shape index (κ2) is 6.60. The molecule has 0 aliphatic carbocycles. The number of carbonyl (C=O) groups excluding carboxylic acids is 2. The molecule has 6 nitrogen and oxygen atoms in total. The van der Waals surface area contributed by atoms with Crippen LogP contribution < -0.4 is 5.56 Å². The van der Waals surface area contributed by atoms with E-state index in [1.807, 2.05) is 6.07 Å². The van der Waals surface area contributed by atoms with Gasteiger partial charge in [-0.25, -0.2) is 9.78 Å². The van der Waals surface area contributed by atoms with E-state index in [1.54, 1.807) is 31.2 Å². The molecule has 2 rings (SSSR count). The normalized spacial score (nSPS) is 10.1. The first kappa shape index (κ1) is 14.6. The van der Waals surface area contributed by atoms with Gasteiger partial charge in [0.25, 0.3) is 5.56 Å². The SMILES string of the molecule is CCOC(=O)c1cnc(-c2ccccc2)n(CC=O)c1=O. The molecule has 0 fully saturated rings. The summed E-state index contributed by atoms with van der Waals surface area (Å²) in [6.45, 7) is 1.63. The Morgan fingerprint density at radius 1 is 1.33 bits per heavy atom. The number of hydrogen-bond acceptors (Lipinski definition) is 5. The van der Waals surface area contributed by atoms with Crippen LogP contribution in [0.1, 0.15) is 17.3 Å². The highest BCUT2D eigenvalue weighted by molar-refractivity contribution is 5.88. The Morgan fingerprint density at radius 3 is 2.67 bits per heavy atom. The maximum absolute atomic E-state index is 12.3. The number of aromatic nitrogens is 2. The highest BCUT2D eigenvalue weighted by Crippen LogP contribution is 2.15. The average Bonchev–Trinajstić information content (AvgIpc) is 2.50. The van der Waals surface area contributed by atoms with Crippen LogP contribution in [-0.4, -0.2) is 28.4 Å². The number of benzene rings is 1. The van der Waals surface area contributed by atoms with Crippen LogP contribution in [0.15, 0.2) is 41.3 Å². The van der Waals surface area contributed by atoms with Crippen LogP contribution in [-0.2, 0) is 16.1 Å². The van der Waals surface area contributed by atoms with E-state index >= 15 is 0 Å². The molecule has 0 spiro atoms. The van der Waals surface area contributed by atoms with Crippen LogP contribution in [0.2, 0.25) is 0 Å². The van der Waals surface area contributed by atoms with Crippen molar-refractivity contribution < 1.29 is 14.3 Å². The van der Waals surface area contributed by atoms with Gasteiger partial charge in [-0.2, -0.15) is 0 Å². The first-order valence-electron chi connectivity index (χ1n) is 6.45. The second-order valence-electron chi connectivity index (χ2n) is 4.16. The molecule has 0 aliphatic heterocycles. The minimum absolute atomic E-state index is 0.159. The number of ether oxygens (including phenoxy) is 1. The molecule has 0 atom stereocenters. The van der Waals surface area contributed by atoms with E-state index in [1.165, 1.54) is 6.20 Å². The Bertz CT molecular complexity index is 707. The minimum atomic E-state index is -0.741. The van der Waals surface area contributed by atoms with Gasteiger partial charge < -0.3 is 9.53 Å². The van der Waals surface area contributed by atoms with Gasteiger partial charge in [0.1, 0.15) is 17.7 Å². The van der Waals surface area contributed by atoms with Gasteiger partial charge in [-0.1, -0.05) is 30.3 Å². The lowest BCUT2D eigenvalue weighted by atomic mass is 10.2. The minimum Gasteiger partial charge on any atom is -0.462 e. The van der Waals surface area contributed by atoms with Gasteiger partial charge in [-0.05, 0) is 6.92 Å². The number of esters is 1. The van der Waals surface area contributed by atoms with Crippen molar-refractivity contribution in [3.8, 4) is 11.4 Å². The van der Waals surface area contributed by atoms with Gasteiger partial charge in [0.15, 0.2) is 0 Å². The molecular formula is C15H14N2O4. The summed E-state index contributed by atoms with van der Waals surface area (Å²) in [5.74, 6) is -0.407. The maximum atomic E-state index is 12.3. The van der Waals surface area contributed by atoms with E-state index in [-0.39, 0.29) is 18.7 Å². The summed E-state index contributed by atoms with van der Waals surface area (Å²) in [4.78, 5) is 39.0. The Morgan fingerprint density at radius 2 is 2.05 bits per heavy atom. The highest BCUT2D eigenvalue weighted by Gasteiger charge is 2.17. The molecule has 0 aliphatic rings. The molecule has 108 valence electrons. The quantitative estimate of drug-likeness (QED) is 0.611. The van der Waals surface area contributed by atoms with Crippen LogP contribution in [0.5, 0.6) is 0 Å². The number of carbonyl (C=O) groups is 2. The Kier molecular flexibility index (Phi) is 4.61. The fourth-order valence-corrected chi connectivity index (χ4v) is 1.90. The van der Waals surface area contributed by atoms with Crippen LogP contribution in [0.3, 0.4) is 0 Å². The molecule has 21 heavy (non-hydrogen) atoms. The standard InChI is InChI=1S/C15H14N2O4/c1-2-21-15(20)12-10-16-13(11-6-4-3-5-7-11)17(8-9-18)14(12)19/h3-7,9-10H,2,8H2,1H3.